The van der Waals surface area contributed by atoms with Gasteiger partial charge in [0.2, 0.25) is 0 Å². The van der Waals surface area contributed by atoms with Gasteiger partial charge in [0, 0.05) is 24.2 Å². The Kier molecular flexibility index (Phi) is 3.17. The highest BCUT2D eigenvalue weighted by atomic mass is 19.1. The molecule has 0 atom stereocenters. The van der Waals surface area contributed by atoms with Crippen molar-refractivity contribution >= 4 is 16.6 Å². The van der Waals surface area contributed by atoms with Gasteiger partial charge in [0.05, 0.1) is 4.92 Å². The molecule has 0 aliphatic heterocycles. The third-order valence-electron chi connectivity index (χ3n) is 3.62. The first kappa shape index (κ1) is 13.3. The van der Waals surface area contributed by atoms with E-state index in [9.17, 15) is 14.5 Å². The van der Waals surface area contributed by atoms with Crippen LogP contribution in [0.3, 0.4) is 0 Å². The Hall–Kier alpha value is -2.69. The first-order valence-corrected chi connectivity index (χ1v) is 6.53. The topological polar surface area (TPSA) is 48.1 Å². The molecule has 0 saturated heterocycles. The van der Waals surface area contributed by atoms with E-state index in [1.165, 1.54) is 18.2 Å². The third kappa shape index (κ3) is 2.38. The number of hydrogen-bond donors (Lipinski definition) is 0. The molecule has 0 N–H and O–H groups in total. The fourth-order valence-electron chi connectivity index (χ4n) is 2.51. The number of nitro benzene ring substituents is 1. The van der Waals surface area contributed by atoms with Crippen LogP contribution in [0.25, 0.3) is 10.9 Å². The summed E-state index contributed by atoms with van der Waals surface area (Å²) < 4.78 is 15.2. The summed E-state index contributed by atoms with van der Waals surface area (Å²) in [6.07, 6.45) is 1.79. The standard InChI is InChI=1S/C16H13FN2O2/c1-11-5-6-14(17)9-13(11)10-18-8-7-12-3-2-4-15(16(12)18)19(20)21/h2-9H,10H2,1H3. The van der Waals surface area contributed by atoms with Gasteiger partial charge in [-0.3, -0.25) is 10.1 Å². The smallest absolute Gasteiger partial charge is 0.293 e. The van der Waals surface area contributed by atoms with Gasteiger partial charge in [-0.05, 0) is 36.2 Å². The van der Waals surface area contributed by atoms with Crippen LogP contribution in [-0.4, -0.2) is 9.49 Å². The molecule has 1 aromatic heterocycles. The van der Waals surface area contributed by atoms with Crippen LogP contribution in [0.2, 0.25) is 0 Å². The van der Waals surface area contributed by atoms with E-state index < -0.39 is 4.92 Å². The van der Waals surface area contributed by atoms with E-state index in [0.29, 0.717) is 12.1 Å². The van der Waals surface area contributed by atoms with E-state index in [2.05, 4.69) is 0 Å². The van der Waals surface area contributed by atoms with Gasteiger partial charge < -0.3 is 4.57 Å². The number of rotatable bonds is 3. The molecule has 0 saturated carbocycles. The molecular weight excluding hydrogens is 271 g/mol. The van der Waals surface area contributed by atoms with E-state index in [0.717, 1.165) is 16.5 Å². The van der Waals surface area contributed by atoms with Crippen molar-refractivity contribution in [2.45, 2.75) is 13.5 Å². The Labute approximate surface area is 120 Å². The molecule has 0 aliphatic rings. The van der Waals surface area contributed by atoms with Crippen LogP contribution >= 0.6 is 0 Å². The number of hydrogen-bond acceptors (Lipinski definition) is 2. The van der Waals surface area contributed by atoms with Crippen molar-refractivity contribution in [2.75, 3.05) is 0 Å². The second-order valence-corrected chi connectivity index (χ2v) is 4.99. The predicted octanol–water partition coefficient (Wildman–Crippen LogP) is 4.05. The van der Waals surface area contributed by atoms with E-state index in [-0.39, 0.29) is 11.5 Å². The molecule has 0 radical (unpaired) electrons. The zero-order chi connectivity index (χ0) is 15.0. The number of fused-ring (bicyclic) bond motifs is 1. The first-order valence-electron chi connectivity index (χ1n) is 6.53. The zero-order valence-corrected chi connectivity index (χ0v) is 11.4. The Morgan fingerprint density at radius 3 is 2.81 bits per heavy atom. The lowest BCUT2D eigenvalue weighted by Gasteiger charge is -2.09. The Balaban J connectivity index is 2.13. The lowest BCUT2D eigenvalue weighted by atomic mass is 10.1. The molecule has 2 aromatic carbocycles. The summed E-state index contributed by atoms with van der Waals surface area (Å²) in [5.74, 6) is -0.304. The molecule has 0 amide bonds. The number of nitro groups is 1. The molecule has 0 fully saturated rings. The van der Waals surface area contributed by atoms with Crippen molar-refractivity contribution in [1.29, 1.82) is 0 Å². The minimum Gasteiger partial charge on any atom is -0.337 e. The average molecular weight is 284 g/mol. The summed E-state index contributed by atoms with van der Waals surface area (Å²) in [6.45, 7) is 2.30. The maximum atomic E-state index is 13.4. The van der Waals surface area contributed by atoms with Crippen molar-refractivity contribution in [2.24, 2.45) is 0 Å². The molecule has 0 unspecified atom stereocenters. The van der Waals surface area contributed by atoms with Gasteiger partial charge in [0.1, 0.15) is 11.3 Å². The largest absolute Gasteiger partial charge is 0.337 e. The quantitative estimate of drug-likeness (QED) is 0.538. The number of benzene rings is 2. The lowest BCUT2D eigenvalue weighted by Crippen LogP contribution is -2.02. The molecule has 0 spiro atoms. The Morgan fingerprint density at radius 2 is 2.05 bits per heavy atom. The van der Waals surface area contributed by atoms with Crippen LogP contribution in [-0.2, 0) is 6.54 Å². The monoisotopic (exact) mass is 284 g/mol. The van der Waals surface area contributed by atoms with Crippen LogP contribution < -0.4 is 0 Å². The number of halogens is 1. The van der Waals surface area contributed by atoms with Crippen molar-refractivity contribution < 1.29 is 9.31 Å². The molecule has 4 nitrogen and oxygen atoms in total. The van der Waals surface area contributed by atoms with Crippen LogP contribution in [0.15, 0.2) is 48.7 Å². The second-order valence-electron chi connectivity index (χ2n) is 4.99. The molecule has 0 aliphatic carbocycles. The third-order valence-corrected chi connectivity index (χ3v) is 3.62. The molecule has 0 bridgehead atoms. The maximum absolute atomic E-state index is 13.4. The number of aromatic nitrogens is 1. The van der Waals surface area contributed by atoms with Crippen LogP contribution in [0.5, 0.6) is 0 Å². The first-order chi connectivity index (χ1) is 10.1. The fraction of sp³-hybridized carbons (Fsp3) is 0.125. The number of non-ortho nitro benzene ring substituents is 1. The summed E-state index contributed by atoms with van der Waals surface area (Å²) in [5.41, 5.74) is 2.39. The van der Waals surface area contributed by atoms with Gasteiger partial charge >= 0.3 is 0 Å². The van der Waals surface area contributed by atoms with Gasteiger partial charge in [-0.2, -0.15) is 0 Å². The van der Waals surface area contributed by atoms with Gasteiger partial charge in [-0.1, -0.05) is 18.2 Å². The second kappa shape index (κ2) is 5.01. The summed E-state index contributed by atoms with van der Waals surface area (Å²) in [6, 6.07) is 11.4. The molecule has 1 heterocycles. The minimum atomic E-state index is -0.392. The van der Waals surface area contributed by atoms with Crippen LogP contribution in [0.4, 0.5) is 10.1 Å². The van der Waals surface area contributed by atoms with Crippen molar-refractivity contribution in [1.82, 2.24) is 4.57 Å². The Morgan fingerprint density at radius 1 is 1.24 bits per heavy atom. The van der Waals surface area contributed by atoms with E-state index in [1.54, 1.807) is 22.9 Å². The van der Waals surface area contributed by atoms with Gasteiger partial charge in [0.15, 0.2) is 0 Å². The average Bonchev–Trinajstić information content (AvgIpc) is 2.86. The van der Waals surface area contributed by atoms with Gasteiger partial charge in [-0.15, -0.1) is 0 Å². The summed E-state index contributed by atoms with van der Waals surface area (Å²) in [4.78, 5) is 10.8. The van der Waals surface area contributed by atoms with Crippen LogP contribution in [0.1, 0.15) is 11.1 Å². The highest BCUT2D eigenvalue weighted by Crippen LogP contribution is 2.27. The highest BCUT2D eigenvalue weighted by Gasteiger charge is 2.15. The lowest BCUT2D eigenvalue weighted by molar-refractivity contribution is -0.383. The summed E-state index contributed by atoms with van der Waals surface area (Å²) in [5, 5.41) is 12.0. The molecule has 106 valence electrons. The molecule has 3 aromatic rings. The van der Waals surface area contributed by atoms with Crippen molar-refractivity contribution in [3.63, 3.8) is 0 Å². The molecular formula is C16H13FN2O2. The van der Waals surface area contributed by atoms with Crippen molar-refractivity contribution in [3.05, 3.63) is 75.7 Å². The summed E-state index contributed by atoms with van der Waals surface area (Å²) >= 11 is 0. The molecule has 21 heavy (non-hydrogen) atoms. The van der Waals surface area contributed by atoms with Crippen LogP contribution in [0, 0.1) is 22.9 Å². The van der Waals surface area contributed by atoms with E-state index in [4.69, 9.17) is 0 Å². The zero-order valence-electron chi connectivity index (χ0n) is 11.4. The maximum Gasteiger partial charge on any atom is 0.293 e. The number of para-hydroxylation sites is 1. The van der Waals surface area contributed by atoms with Gasteiger partial charge in [0.25, 0.3) is 5.69 Å². The predicted molar refractivity (Wildman–Crippen MR) is 78.8 cm³/mol. The summed E-state index contributed by atoms with van der Waals surface area (Å²) in [7, 11) is 0. The molecule has 5 heteroatoms. The minimum absolute atomic E-state index is 0.0616. The highest BCUT2D eigenvalue weighted by molar-refractivity contribution is 5.88. The van der Waals surface area contributed by atoms with Crippen molar-refractivity contribution in [3.8, 4) is 0 Å². The fourth-order valence-corrected chi connectivity index (χ4v) is 2.51. The molecule has 3 rings (SSSR count). The van der Waals surface area contributed by atoms with E-state index >= 15 is 0 Å². The normalized spacial score (nSPS) is 11.0. The number of nitrogens with zero attached hydrogens (tertiary/aromatic N) is 2. The number of aryl methyl sites for hydroxylation is 1. The Bertz CT molecular complexity index is 839. The SMILES string of the molecule is Cc1ccc(F)cc1Cn1ccc2cccc([N+](=O)[O-])c21. The van der Waals surface area contributed by atoms with Gasteiger partial charge in [-0.25, -0.2) is 4.39 Å². The van der Waals surface area contributed by atoms with E-state index in [1.807, 2.05) is 19.1 Å².